The number of anilines is 1. The van der Waals surface area contributed by atoms with E-state index in [-0.39, 0.29) is 0 Å². The second-order valence-corrected chi connectivity index (χ2v) is 6.37. The van der Waals surface area contributed by atoms with Gasteiger partial charge in [-0.05, 0) is 23.8 Å². The molecule has 0 aliphatic rings. The molecule has 2 aromatic heterocycles. The third kappa shape index (κ3) is 3.99. The summed E-state index contributed by atoms with van der Waals surface area (Å²) in [5.41, 5.74) is 3.43. The van der Waals surface area contributed by atoms with Gasteiger partial charge in [0.05, 0.1) is 29.7 Å². The number of benzene rings is 2. The number of imidazole rings is 1. The minimum absolute atomic E-state index is 0.292. The molecule has 2 aromatic carbocycles. The first kappa shape index (κ1) is 18.4. The lowest BCUT2D eigenvalue weighted by molar-refractivity contribution is -0.118. The van der Waals surface area contributed by atoms with Gasteiger partial charge in [-0.1, -0.05) is 30.3 Å². The van der Waals surface area contributed by atoms with Crippen molar-refractivity contribution in [2.24, 2.45) is 0 Å². The van der Waals surface area contributed by atoms with Gasteiger partial charge >= 0.3 is 0 Å². The van der Waals surface area contributed by atoms with Crippen LogP contribution in [-0.4, -0.2) is 49.7 Å². The van der Waals surface area contributed by atoms with Crippen LogP contribution in [0.15, 0.2) is 60.9 Å². The normalized spacial score (nSPS) is 11.9. The maximum Gasteiger partial charge on any atom is 0.252 e. The molecular formula is C20H18N6O3. The minimum atomic E-state index is -1.13. The summed E-state index contributed by atoms with van der Waals surface area (Å²) in [4.78, 5) is 32.0. The van der Waals surface area contributed by atoms with Crippen molar-refractivity contribution < 1.29 is 14.7 Å². The van der Waals surface area contributed by atoms with Crippen LogP contribution in [0.2, 0.25) is 0 Å². The quantitative estimate of drug-likeness (QED) is 0.341. The Bertz CT molecular complexity index is 1150. The fourth-order valence-electron chi connectivity index (χ4n) is 2.88. The number of nitrogens with one attached hydrogen (secondary N) is 4. The number of nitrogens with zero attached hydrogens (tertiary/aromatic N) is 2. The fourth-order valence-corrected chi connectivity index (χ4v) is 2.88. The zero-order chi connectivity index (χ0) is 20.2. The van der Waals surface area contributed by atoms with Gasteiger partial charge in [-0.3, -0.25) is 14.7 Å². The van der Waals surface area contributed by atoms with E-state index in [0.717, 1.165) is 16.8 Å². The molecule has 9 nitrogen and oxygen atoms in total. The Morgan fingerprint density at radius 1 is 1.10 bits per heavy atom. The van der Waals surface area contributed by atoms with Gasteiger partial charge in [0.2, 0.25) is 0 Å². The fraction of sp³-hybridized carbons (Fsp3) is 0.100. The van der Waals surface area contributed by atoms with Crippen LogP contribution in [0.3, 0.4) is 0 Å². The number of aliphatic hydroxyl groups is 1. The largest absolute Gasteiger partial charge is 0.394 e. The van der Waals surface area contributed by atoms with Crippen molar-refractivity contribution in [1.29, 1.82) is 0 Å². The molecule has 0 unspecified atom stereocenters. The highest BCUT2D eigenvalue weighted by Crippen LogP contribution is 2.19. The number of carbonyl (C=O) groups excluding carboxylic acids is 2. The van der Waals surface area contributed by atoms with E-state index in [2.05, 4.69) is 30.8 Å². The Morgan fingerprint density at radius 3 is 2.72 bits per heavy atom. The van der Waals surface area contributed by atoms with Crippen LogP contribution in [0.1, 0.15) is 10.4 Å². The highest BCUT2D eigenvalue weighted by molar-refractivity contribution is 6.02. The standard InChI is InChI=1S/C20H18N6O3/c27-10-17(23-19(28)13-6-7-14-16(8-13)22-11-21-14)20(29)24-18-9-15(25-26-18)12-4-2-1-3-5-12/h1-9,11,17,27H,10H2,(H,21,22)(H,23,28)(H2,24,25,26,29)/t17-/m0/s1. The molecule has 9 heteroatoms. The van der Waals surface area contributed by atoms with Crippen LogP contribution >= 0.6 is 0 Å². The summed E-state index contributed by atoms with van der Waals surface area (Å²) in [6.07, 6.45) is 1.53. The van der Waals surface area contributed by atoms with Crippen LogP contribution in [0, 0.1) is 0 Å². The van der Waals surface area contributed by atoms with Crippen molar-refractivity contribution >= 4 is 28.7 Å². The van der Waals surface area contributed by atoms with Crippen LogP contribution in [0.25, 0.3) is 22.3 Å². The van der Waals surface area contributed by atoms with Gasteiger partial charge in [0, 0.05) is 11.6 Å². The van der Waals surface area contributed by atoms with Crippen LogP contribution in [0.4, 0.5) is 5.82 Å². The van der Waals surface area contributed by atoms with E-state index >= 15 is 0 Å². The number of carbonyl (C=O) groups is 2. The second kappa shape index (κ2) is 7.95. The molecule has 4 aromatic rings. The first-order chi connectivity index (χ1) is 14.1. The summed E-state index contributed by atoms with van der Waals surface area (Å²) in [5.74, 6) is -0.766. The molecular weight excluding hydrogens is 372 g/mol. The molecule has 0 fully saturated rings. The minimum Gasteiger partial charge on any atom is -0.394 e. The molecule has 0 aliphatic heterocycles. The van der Waals surface area contributed by atoms with Gasteiger partial charge in [-0.25, -0.2) is 4.98 Å². The summed E-state index contributed by atoms with van der Waals surface area (Å²) >= 11 is 0. The lowest BCUT2D eigenvalue weighted by atomic mass is 10.1. The van der Waals surface area contributed by atoms with E-state index in [1.807, 2.05) is 30.3 Å². The molecule has 2 heterocycles. The van der Waals surface area contributed by atoms with Crippen LogP contribution in [0.5, 0.6) is 0 Å². The zero-order valence-electron chi connectivity index (χ0n) is 15.2. The number of aromatic nitrogens is 4. The molecule has 0 saturated heterocycles. The molecule has 0 aliphatic carbocycles. The molecule has 0 saturated carbocycles. The molecule has 0 bridgehead atoms. The van der Waals surface area contributed by atoms with Crippen molar-refractivity contribution in [2.75, 3.05) is 11.9 Å². The molecule has 2 amide bonds. The number of aliphatic hydroxyl groups excluding tert-OH is 1. The number of amides is 2. The summed E-state index contributed by atoms with van der Waals surface area (Å²) < 4.78 is 0. The van der Waals surface area contributed by atoms with Crippen LogP contribution in [-0.2, 0) is 4.79 Å². The predicted octanol–water partition coefficient (Wildman–Crippen LogP) is 1.68. The first-order valence-electron chi connectivity index (χ1n) is 8.90. The number of fused-ring (bicyclic) bond motifs is 1. The van der Waals surface area contributed by atoms with Gasteiger partial charge in [-0.2, -0.15) is 5.10 Å². The number of aromatic amines is 2. The molecule has 1 atom stereocenters. The predicted molar refractivity (Wildman–Crippen MR) is 107 cm³/mol. The van der Waals surface area contributed by atoms with Gasteiger partial charge < -0.3 is 20.7 Å². The van der Waals surface area contributed by atoms with E-state index in [4.69, 9.17) is 0 Å². The van der Waals surface area contributed by atoms with Crippen molar-refractivity contribution in [2.45, 2.75) is 6.04 Å². The number of H-pyrrole nitrogens is 2. The maximum absolute atomic E-state index is 12.5. The van der Waals surface area contributed by atoms with Gasteiger partial charge in [-0.15, -0.1) is 0 Å². The summed E-state index contributed by atoms with van der Waals surface area (Å²) in [7, 11) is 0. The van der Waals surface area contributed by atoms with E-state index in [1.165, 1.54) is 6.33 Å². The SMILES string of the molecule is O=C(N[C@@H](CO)C(=O)Nc1cc(-c2ccccc2)[nH]n1)c1ccc2nc[nH]c2c1. The van der Waals surface area contributed by atoms with E-state index in [9.17, 15) is 14.7 Å². The smallest absolute Gasteiger partial charge is 0.252 e. The monoisotopic (exact) mass is 390 g/mol. The summed E-state index contributed by atoms with van der Waals surface area (Å²) in [5, 5.41) is 21.6. The number of hydrogen-bond acceptors (Lipinski definition) is 5. The molecule has 0 radical (unpaired) electrons. The molecule has 0 spiro atoms. The Balaban J connectivity index is 1.43. The first-order valence-corrected chi connectivity index (χ1v) is 8.90. The Labute approximate surface area is 165 Å². The Hall–Kier alpha value is -3.98. The van der Waals surface area contributed by atoms with E-state index < -0.39 is 24.5 Å². The molecule has 4 rings (SSSR count). The van der Waals surface area contributed by atoms with E-state index in [0.29, 0.717) is 16.9 Å². The van der Waals surface area contributed by atoms with Crippen molar-refractivity contribution in [1.82, 2.24) is 25.5 Å². The van der Waals surface area contributed by atoms with Gasteiger partial charge in [0.1, 0.15) is 6.04 Å². The average molecular weight is 390 g/mol. The Morgan fingerprint density at radius 2 is 1.93 bits per heavy atom. The van der Waals surface area contributed by atoms with Crippen molar-refractivity contribution in [3.05, 3.63) is 66.5 Å². The third-order valence-electron chi connectivity index (χ3n) is 4.40. The van der Waals surface area contributed by atoms with Gasteiger partial charge in [0.25, 0.3) is 11.8 Å². The van der Waals surface area contributed by atoms with E-state index in [1.54, 1.807) is 24.3 Å². The maximum atomic E-state index is 12.5. The molecule has 5 N–H and O–H groups in total. The van der Waals surface area contributed by atoms with Crippen molar-refractivity contribution in [3.8, 4) is 11.3 Å². The van der Waals surface area contributed by atoms with Crippen LogP contribution < -0.4 is 10.6 Å². The molecule has 146 valence electrons. The zero-order valence-corrected chi connectivity index (χ0v) is 15.2. The topological polar surface area (TPSA) is 136 Å². The lowest BCUT2D eigenvalue weighted by Crippen LogP contribution is -2.46. The number of rotatable bonds is 6. The second-order valence-electron chi connectivity index (χ2n) is 6.37. The van der Waals surface area contributed by atoms with Crippen molar-refractivity contribution in [3.63, 3.8) is 0 Å². The third-order valence-corrected chi connectivity index (χ3v) is 4.40. The number of hydrogen-bond donors (Lipinski definition) is 5. The Kier molecular flexibility index (Phi) is 5.04. The lowest BCUT2D eigenvalue weighted by Gasteiger charge is -2.15. The highest BCUT2D eigenvalue weighted by atomic mass is 16.3. The molecule has 29 heavy (non-hydrogen) atoms. The summed E-state index contributed by atoms with van der Waals surface area (Å²) in [6, 6.07) is 15.0. The average Bonchev–Trinajstić information content (AvgIpc) is 3.41. The van der Waals surface area contributed by atoms with Gasteiger partial charge in [0.15, 0.2) is 5.82 Å². The summed E-state index contributed by atoms with van der Waals surface area (Å²) in [6.45, 7) is -0.556. The highest BCUT2D eigenvalue weighted by Gasteiger charge is 2.22.